The number of likely N-dealkylation sites (tertiary alicyclic amines) is 1. The van der Waals surface area contributed by atoms with Gasteiger partial charge in [-0.15, -0.1) is 0 Å². The monoisotopic (exact) mass is 181 g/mol. The third-order valence-electron chi connectivity index (χ3n) is 2.76. The summed E-state index contributed by atoms with van der Waals surface area (Å²) >= 11 is 0. The van der Waals surface area contributed by atoms with Crippen molar-refractivity contribution in [1.29, 1.82) is 0 Å². The summed E-state index contributed by atoms with van der Waals surface area (Å²) in [5.74, 6) is 0.845. The quantitative estimate of drug-likeness (QED) is 0.710. The van der Waals surface area contributed by atoms with Gasteiger partial charge in [0.05, 0.1) is 11.7 Å². The Labute approximate surface area is 77.7 Å². The smallest absolute Gasteiger partial charge is 0.176 e. The number of nitrogen functional groups attached to an aromatic ring is 1. The molecule has 1 fully saturated rings. The molecule has 2 N–H and O–H groups in total. The van der Waals surface area contributed by atoms with Gasteiger partial charge in [0.2, 0.25) is 0 Å². The standard InChI is InChI=1S/C9H15N3O/c1-6-8(10)9(13-11-6)7-4-3-5-12(7)2/h7H,3-5,10H2,1-2H3. The molecule has 1 aromatic rings. The molecule has 0 aromatic carbocycles. The summed E-state index contributed by atoms with van der Waals surface area (Å²) in [7, 11) is 2.09. The van der Waals surface area contributed by atoms with Gasteiger partial charge in [-0.05, 0) is 33.4 Å². The highest BCUT2D eigenvalue weighted by Crippen LogP contribution is 2.34. The summed E-state index contributed by atoms with van der Waals surface area (Å²) in [6.45, 7) is 2.99. The van der Waals surface area contributed by atoms with Gasteiger partial charge in [-0.2, -0.15) is 0 Å². The van der Waals surface area contributed by atoms with Crippen LogP contribution >= 0.6 is 0 Å². The predicted octanol–water partition coefficient (Wildman–Crippen LogP) is 1.33. The van der Waals surface area contributed by atoms with Gasteiger partial charge >= 0.3 is 0 Å². The van der Waals surface area contributed by atoms with E-state index in [1.165, 1.54) is 6.42 Å². The number of aromatic nitrogens is 1. The van der Waals surface area contributed by atoms with Crippen molar-refractivity contribution in [2.75, 3.05) is 19.3 Å². The van der Waals surface area contributed by atoms with Gasteiger partial charge in [-0.25, -0.2) is 0 Å². The van der Waals surface area contributed by atoms with Crippen LogP contribution in [0.4, 0.5) is 5.69 Å². The highest BCUT2D eigenvalue weighted by molar-refractivity contribution is 5.46. The van der Waals surface area contributed by atoms with Crippen LogP contribution in [0.5, 0.6) is 0 Å². The molecule has 0 bridgehead atoms. The van der Waals surface area contributed by atoms with E-state index in [9.17, 15) is 0 Å². The molecule has 0 saturated carbocycles. The minimum absolute atomic E-state index is 0.334. The second kappa shape index (κ2) is 3.03. The van der Waals surface area contributed by atoms with Crippen molar-refractivity contribution in [3.8, 4) is 0 Å². The fourth-order valence-corrected chi connectivity index (χ4v) is 1.88. The Morgan fingerprint density at radius 2 is 2.38 bits per heavy atom. The van der Waals surface area contributed by atoms with Gasteiger partial charge in [0.1, 0.15) is 5.69 Å². The molecule has 13 heavy (non-hydrogen) atoms. The van der Waals surface area contributed by atoms with Crippen LogP contribution in [0.1, 0.15) is 30.3 Å². The second-order valence-electron chi connectivity index (χ2n) is 3.68. The lowest BCUT2D eigenvalue weighted by Gasteiger charge is -2.16. The van der Waals surface area contributed by atoms with E-state index < -0.39 is 0 Å². The molecule has 1 aliphatic heterocycles. The number of aryl methyl sites for hydroxylation is 1. The number of hydrogen-bond acceptors (Lipinski definition) is 4. The minimum Gasteiger partial charge on any atom is -0.394 e. The molecule has 1 aliphatic rings. The molecule has 4 heteroatoms. The van der Waals surface area contributed by atoms with Crippen LogP contribution in [-0.2, 0) is 0 Å². The Bertz CT molecular complexity index is 308. The lowest BCUT2D eigenvalue weighted by Crippen LogP contribution is -2.17. The molecule has 2 heterocycles. The van der Waals surface area contributed by atoms with Gasteiger partial charge in [-0.3, -0.25) is 4.90 Å². The first-order valence-electron chi connectivity index (χ1n) is 4.62. The van der Waals surface area contributed by atoms with Crippen molar-refractivity contribution >= 4 is 5.69 Å². The third-order valence-corrected chi connectivity index (χ3v) is 2.76. The molecular weight excluding hydrogens is 166 g/mol. The molecule has 0 aliphatic carbocycles. The van der Waals surface area contributed by atoms with E-state index in [-0.39, 0.29) is 0 Å². The van der Waals surface area contributed by atoms with Crippen molar-refractivity contribution in [2.45, 2.75) is 25.8 Å². The van der Waals surface area contributed by atoms with Gasteiger partial charge in [0.25, 0.3) is 0 Å². The highest BCUT2D eigenvalue weighted by atomic mass is 16.5. The number of rotatable bonds is 1. The van der Waals surface area contributed by atoms with E-state index in [1.807, 2.05) is 6.92 Å². The first kappa shape index (κ1) is 8.56. The first-order valence-corrected chi connectivity index (χ1v) is 4.62. The summed E-state index contributed by atoms with van der Waals surface area (Å²) in [5.41, 5.74) is 7.38. The maximum absolute atomic E-state index is 5.86. The molecule has 1 saturated heterocycles. The fourth-order valence-electron chi connectivity index (χ4n) is 1.88. The van der Waals surface area contributed by atoms with E-state index in [0.29, 0.717) is 6.04 Å². The molecule has 0 radical (unpaired) electrons. The maximum Gasteiger partial charge on any atom is 0.176 e. The normalized spacial score (nSPS) is 24.0. The Morgan fingerprint density at radius 3 is 2.85 bits per heavy atom. The summed E-state index contributed by atoms with van der Waals surface area (Å²) in [4.78, 5) is 2.26. The van der Waals surface area contributed by atoms with Crippen molar-refractivity contribution in [3.05, 3.63) is 11.5 Å². The molecule has 4 nitrogen and oxygen atoms in total. The van der Waals surface area contributed by atoms with E-state index in [4.69, 9.17) is 10.3 Å². The zero-order valence-corrected chi connectivity index (χ0v) is 8.08. The number of anilines is 1. The van der Waals surface area contributed by atoms with Gasteiger partial charge in [0.15, 0.2) is 5.76 Å². The molecular formula is C9H15N3O. The minimum atomic E-state index is 0.334. The van der Waals surface area contributed by atoms with E-state index in [0.717, 1.165) is 30.1 Å². The zero-order valence-electron chi connectivity index (χ0n) is 8.08. The van der Waals surface area contributed by atoms with Crippen molar-refractivity contribution in [2.24, 2.45) is 0 Å². The van der Waals surface area contributed by atoms with E-state index in [2.05, 4.69) is 17.1 Å². The Kier molecular flexibility index (Phi) is 2.00. The third kappa shape index (κ3) is 1.31. The van der Waals surface area contributed by atoms with Gasteiger partial charge in [-0.1, -0.05) is 5.16 Å². The highest BCUT2D eigenvalue weighted by Gasteiger charge is 2.28. The largest absolute Gasteiger partial charge is 0.394 e. The molecule has 2 rings (SSSR count). The van der Waals surface area contributed by atoms with Crippen LogP contribution in [0, 0.1) is 6.92 Å². The summed E-state index contributed by atoms with van der Waals surface area (Å²) in [6.07, 6.45) is 2.33. The Hall–Kier alpha value is -1.03. The average molecular weight is 181 g/mol. The molecule has 72 valence electrons. The molecule has 0 spiro atoms. The maximum atomic E-state index is 5.86. The summed E-state index contributed by atoms with van der Waals surface area (Å²) in [6, 6.07) is 0.334. The zero-order chi connectivity index (χ0) is 9.42. The second-order valence-corrected chi connectivity index (χ2v) is 3.68. The Balaban J connectivity index is 2.29. The number of nitrogens with zero attached hydrogens (tertiary/aromatic N) is 2. The molecule has 1 unspecified atom stereocenters. The lowest BCUT2D eigenvalue weighted by molar-refractivity contribution is 0.252. The van der Waals surface area contributed by atoms with Gasteiger partial charge < -0.3 is 10.3 Å². The SMILES string of the molecule is Cc1noc(C2CCCN2C)c1N. The van der Waals surface area contributed by atoms with Crippen molar-refractivity contribution < 1.29 is 4.52 Å². The van der Waals surface area contributed by atoms with Crippen molar-refractivity contribution in [3.63, 3.8) is 0 Å². The number of hydrogen-bond donors (Lipinski definition) is 1. The van der Waals surface area contributed by atoms with Crippen LogP contribution in [0.2, 0.25) is 0 Å². The topological polar surface area (TPSA) is 55.3 Å². The molecule has 1 aromatic heterocycles. The van der Waals surface area contributed by atoms with Crippen LogP contribution in [0.15, 0.2) is 4.52 Å². The van der Waals surface area contributed by atoms with Crippen LogP contribution in [0.25, 0.3) is 0 Å². The van der Waals surface area contributed by atoms with Crippen LogP contribution in [0.3, 0.4) is 0 Å². The summed E-state index contributed by atoms with van der Waals surface area (Å²) in [5, 5.41) is 3.87. The van der Waals surface area contributed by atoms with Crippen molar-refractivity contribution in [1.82, 2.24) is 10.1 Å². The fraction of sp³-hybridized carbons (Fsp3) is 0.667. The summed E-state index contributed by atoms with van der Waals surface area (Å²) < 4.78 is 5.23. The van der Waals surface area contributed by atoms with Crippen LogP contribution in [-0.4, -0.2) is 23.6 Å². The number of nitrogens with two attached hydrogens (primary N) is 1. The average Bonchev–Trinajstić information content (AvgIpc) is 2.62. The molecule has 0 amide bonds. The van der Waals surface area contributed by atoms with E-state index in [1.54, 1.807) is 0 Å². The predicted molar refractivity (Wildman–Crippen MR) is 50.3 cm³/mol. The van der Waals surface area contributed by atoms with Gasteiger partial charge in [0, 0.05) is 0 Å². The van der Waals surface area contributed by atoms with Crippen LogP contribution < -0.4 is 5.73 Å². The lowest BCUT2D eigenvalue weighted by atomic mass is 10.1. The van der Waals surface area contributed by atoms with E-state index >= 15 is 0 Å². The first-order chi connectivity index (χ1) is 6.20. The molecule has 1 atom stereocenters. The Morgan fingerprint density at radius 1 is 1.62 bits per heavy atom.